The van der Waals surface area contributed by atoms with Crippen LogP contribution >= 0.6 is 24.0 Å². The summed E-state index contributed by atoms with van der Waals surface area (Å²) in [6, 6.07) is 6.52. The van der Waals surface area contributed by atoms with Gasteiger partial charge in [0, 0.05) is 26.7 Å². The van der Waals surface area contributed by atoms with Gasteiger partial charge in [-0.3, -0.25) is 0 Å². The SMILES string of the molecule is Cc1nnc(CN=C(NCC2CCCO2)N2CC(C)OC(c3ccc(F)cc3)C2)n1C.I. The highest BCUT2D eigenvalue weighted by Gasteiger charge is 2.29. The number of guanidine groups is 1. The Bertz CT molecular complexity index is 900. The Labute approximate surface area is 205 Å². The number of aromatic nitrogens is 3. The van der Waals surface area contributed by atoms with Gasteiger partial charge in [-0.2, -0.15) is 0 Å². The lowest BCUT2D eigenvalue weighted by Crippen LogP contribution is -2.51. The third-order valence-electron chi connectivity index (χ3n) is 5.87. The van der Waals surface area contributed by atoms with Gasteiger partial charge in [-0.1, -0.05) is 12.1 Å². The van der Waals surface area contributed by atoms with Crippen LogP contribution < -0.4 is 5.32 Å². The zero-order valence-corrected chi connectivity index (χ0v) is 21.2. The van der Waals surface area contributed by atoms with Gasteiger partial charge in [0.2, 0.25) is 0 Å². The fourth-order valence-corrected chi connectivity index (χ4v) is 4.00. The molecule has 3 heterocycles. The summed E-state index contributed by atoms with van der Waals surface area (Å²) < 4.78 is 27.3. The number of benzene rings is 1. The Hall–Kier alpha value is -1.79. The molecule has 32 heavy (non-hydrogen) atoms. The molecule has 0 radical (unpaired) electrons. The molecule has 2 fully saturated rings. The van der Waals surface area contributed by atoms with E-state index in [0.717, 1.165) is 42.6 Å². The quantitative estimate of drug-likeness (QED) is 0.346. The topological polar surface area (TPSA) is 76.8 Å². The van der Waals surface area contributed by atoms with Crippen molar-refractivity contribution < 1.29 is 13.9 Å². The van der Waals surface area contributed by atoms with Crippen LogP contribution in [-0.2, 0) is 23.1 Å². The van der Waals surface area contributed by atoms with Gasteiger partial charge in [-0.05, 0) is 44.4 Å². The number of hydrogen-bond acceptors (Lipinski definition) is 5. The first kappa shape index (κ1) is 24.8. The van der Waals surface area contributed by atoms with Gasteiger partial charge in [-0.25, -0.2) is 9.38 Å². The minimum atomic E-state index is -0.246. The smallest absolute Gasteiger partial charge is 0.194 e. The van der Waals surface area contributed by atoms with E-state index in [2.05, 4.69) is 20.4 Å². The van der Waals surface area contributed by atoms with Crippen molar-refractivity contribution in [2.75, 3.05) is 26.2 Å². The molecule has 10 heteroatoms. The summed E-state index contributed by atoms with van der Waals surface area (Å²) in [5.74, 6) is 2.23. The van der Waals surface area contributed by atoms with Crippen LogP contribution in [0, 0.1) is 12.7 Å². The molecule has 2 saturated heterocycles. The minimum Gasteiger partial charge on any atom is -0.376 e. The van der Waals surface area contributed by atoms with E-state index < -0.39 is 0 Å². The van der Waals surface area contributed by atoms with Crippen molar-refractivity contribution in [2.24, 2.45) is 12.0 Å². The number of ether oxygens (including phenoxy) is 2. The third-order valence-corrected chi connectivity index (χ3v) is 5.87. The van der Waals surface area contributed by atoms with E-state index in [4.69, 9.17) is 14.5 Å². The number of halogens is 2. The largest absolute Gasteiger partial charge is 0.376 e. The summed E-state index contributed by atoms with van der Waals surface area (Å²) in [7, 11) is 1.95. The first-order chi connectivity index (χ1) is 15.0. The van der Waals surface area contributed by atoms with Gasteiger partial charge in [0.15, 0.2) is 11.8 Å². The van der Waals surface area contributed by atoms with Crippen LogP contribution in [0.1, 0.15) is 43.1 Å². The van der Waals surface area contributed by atoms with Crippen LogP contribution in [0.15, 0.2) is 29.3 Å². The molecule has 0 saturated carbocycles. The molecule has 8 nitrogen and oxygen atoms in total. The second kappa shape index (κ2) is 11.4. The fourth-order valence-electron chi connectivity index (χ4n) is 4.00. The molecule has 0 bridgehead atoms. The van der Waals surface area contributed by atoms with Gasteiger partial charge in [-0.15, -0.1) is 34.2 Å². The van der Waals surface area contributed by atoms with Crippen molar-refractivity contribution in [3.8, 4) is 0 Å². The van der Waals surface area contributed by atoms with Crippen molar-refractivity contribution in [3.63, 3.8) is 0 Å². The van der Waals surface area contributed by atoms with Crippen LogP contribution in [0.25, 0.3) is 0 Å². The maximum absolute atomic E-state index is 13.4. The molecular formula is C22H32FIN6O2. The molecule has 0 spiro atoms. The van der Waals surface area contributed by atoms with Crippen molar-refractivity contribution in [1.82, 2.24) is 25.0 Å². The number of morpholine rings is 1. The van der Waals surface area contributed by atoms with Crippen LogP contribution in [0.5, 0.6) is 0 Å². The minimum absolute atomic E-state index is 0. The van der Waals surface area contributed by atoms with E-state index >= 15 is 0 Å². The number of hydrogen-bond donors (Lipinski definition) is 1. The maximum atomic E-state index is 13.4. The summed E-state index contributed by atoms with van der Waals surface area (Å²) in [4.78, 5) is 7.08. The van der Waals surface area contributed by atoms with E-state index in [9.17, 15) is 4.39 Å². The second-order valence-electron chi connectivity index (χ2n) is 8.27. The summed E-state index contributed by atoms with van der Waals surface area (Å²) in [6.45, 7) is 7.28. The third kappa shape index (κ3) is 6.16. The van der Waals surface area contributed by atoms with Gasteiger partial charge in [0.05, 0.1) is 18.8 Å². The Morgan fingerprint density at radius 3 is 2.69 bits per heavy atom. The monoisotopic (exact) mass is 558 g/mol. The van der Waals surface area contributed by atoms with Crippen molar-refractivity contribution in [3.05, 3.63) is 47.3 Å². The van der Waals surface area contributed by atoms with Crippen LogP contribution in [-0.4, -0.2) is 64.1 Å². The summed E-state index contributed by atoms with van der Waals surface area (Å²) >= 11 is 0. The molecule has 2 aliphatic heterocycles. The number of aliphatic imine (C=N–C) groups is 1. The zero-order valence-electron chi connectivity index (χ0n) is 18.8. The number of rotatable bonds is 5. The average Bonchev–Trinajstić information content (AvgIpc) is 3.39. The molecule has 4 rings (SSSR count). The summed E-state index contributed by atoms with van der Waals surface area (Å²) in [5, 5.41) is 11.9. The molecule has 1 aromatic heterocycles. The van der Waals surface area contributed by atoms with E-state index in [-0.39, 0.29) is 48.1 Å². The Morgan fingerprint density at radius 1 is 1.25 bits per heavy atom. The molecular weight excluding hydrogens is 526 g/mol. The lowest BCUT2D eigenvalue weighted by Gasteiger charge is -2.39. The lowest BCUT2D eigenvalue weighted by molar-refractivity contribution is -0.0606. The van der Waals surface area contributed by atoms with Crippen LogP contribution in [0.4, 0.5) is 4.39 Å². The van der Waals surface area contributed by atoms with E-state index in [0.29, 0.717) is 26.2 Å². The number of aryl methyl sites for hydroxylation is 1. The normalized spacial score (nSPS) is 23.8. The highest BCUT2D eigenvalue weighted by molar-refractivity contribution is 14.0. The molecule has 1 N–H and O–H groups in total. The van der Waals surface area contributed by atoms with Crippen molar-refractivity contribution in [2.45, 2.75) is 51.5 Å². The number of nitrogens with one attached hydrogen (secondary N) is 1. The van der Waals surface area contributed by atoms with Gasteiger partial charge < -0.3 is 24.3 Å². The zero-order chi connectivity index (χ0) is 21.8. The molecule has 2 aliphatic rings. The summed E-state index contributed by atoms with van der Waals surface area (Å²) in [5.41, 5.74) is 0.959. The maximum Gasteiger partial charge on any atom is 0.194 e. The van der Waals surface area contributed by atoms with Gasteiger partial charge in [0.1, 0.15) is 24.3 Å². The van der Waals surface area contributed by atoms with E-state index in [1.807, 2.05) is 25.5 Å². The first-order valence-electron chi connectivity index (χ1n) is 10.9. The van der Waals surface area contributed by atoms with Crippen molar-refractivity contribution in [1.29, 1.82) is 0 Å². The fraction of sp³-hybridized carbons (Fsp3) is 0.591. The predicted molar refractivity (Wildman–Crippen MR) is 131 cm³/mol. The average molecular weight is 558 g/mol. The molecule has 1 aromatic carbocycles. The van der Waals surface area contributed by atoms with Crippen molar-refractivity contribution >= 4 is 29.9 Å². The summed E-state index contributed by atoms with van der Waals surface area (Å²) in [6.07, 6.45) is 2.21. The highest BCUT2D eigenvalue weighted by atomic mass is 127. The Balaban J connectivity index is 0.00000289. The Morgan fingerprint density at radius 2 is 2.03 bits per heavy atom. The van der Waals surface area contributed by atoms with Gasteiger partial charge in [0.25, 0.3) is 0 Å². The molecule has 0 amide bonds. The standard InChI is InChI=1S/C22H31FN6O2.HI/c1-15-13-29(14-20(31-15)17-6-8-18(23)9-7-17)22(24-11-19-5-4-10-30-19)25-12-21-27-26-16(2)28(21)3;/h6-9,15,19-20H,4-5,10-14H2,1-3H3,(H,24,25);1H. The Kier molecular flexibility index (Phi) is 8.83. The molecule has 3 unspecified atom stereocenters. The van der Waals surface area contributed by atoms with Gasteiger partial charge >= 0.3 is 0 Å². The second-order valence-corrected chi connectivity index (χ2v) is 8.27. The molecule has 176 valence electrons. The van der Waals surface area contributed by atoms with E-state index in [1.165, 1.54) is 12.1 Å². The lowest BCUT2D eigenvalue weighted by atomic mass is 10.1. The predicted octanol–water partition coefficient (Wildman–Crippen LogP) is 2.97. The number of nitrogens with zero attached hydrogens (tertiary/aromatic N) is 5. The van der Waals surface area contributed by atoms with Crippen LogP contribution in [0.2, 0.25) is 0 Å². The molecule has 0 aliphatic carbocycles. The van der Waals surface area contributed by atoms with Crippen LogP contribution in [0.3, 0.4) is 0 Å². The van der Waals surface area contributed by atoms with E-state index in [1.54, 1.807) is 12.1 Å². The molecule has 2 aromatic rings. The highest BCUT2D eigenvalue weighted by Crippen LogP contribution is 2.25. The molecule has 3 atom stereocenters. The first-order valence-corrected chi connectivity index (χ1v) is 10.9.